The van der Waals surface area contributed by atoms with Gasteiger partial charge in [-0.05, 0) is 13.8 Å². The van der Waals surface area contributed by atoms with Crippen LogP contribution in [-0.4, -0.2) is 40.4 Å². The minimum atomic E-state index is -0.818. The van der Waals surface area contributed by atoms with E-state index in [9.17, 15) is 10.2 Å². The molecule has 1 saturated heterocycles. The van der Waals surface area contributed by atoms with Crippen LogP contribution in [0.1, 0.15) is 20.8 Å². The van der Waals surface area contributed by atoms with Crippen LogP contribution in [0.3, 0.4) is 0 Å². The van der Waals surface area contributed by atoms with Gasteiger partial charge < -0.3 is 19.7 Å². The molecule has 1 aliphatic carbocycles. The summed E-state index contributed by atoms with van der Waals surface area (Å²) < 4.78 is 11.1. The van der Waals surface area contributed by atoms with E-state index in [4.69, 9.17) is 9.47 Å². The Bertz CT molecular complexity index is 196. The first kappa shape index (κ1) is 9.40. The van der Waals surface area contributed by atoms with E-state index in [0.717, 1.165) is 0 Å². The molecule has 5 atom stereocenters. The molecule has 1 aliphatic heterocycles. The summed E-state index contributed by atoms with van der Waals surface area (Å²) >= 11 is 0. The monoisotopic (exact) mass is 188 g/mol. The Kier molecular flexibility index (Phi) is 1.93. The van der Waals surface area contributed by atoms with Gasteiger partial charge in [-0.3, -0.25) is 0 Å². The van der Waals surface area contributed by atoms with Crippen molar-refractivity contribution in [2.45, 2.75) is 51.0 Å². The Balaban J connectivity index is 2.18. The maximum atomic E-state index is 9.62. The van der Waals surface area contributed by atoms with Gasteiger partial charge in [0.05, 0.1) is 12.2 Å². The van der Waals surface area contributed by atoms with E-state index in [-0.39, 0.29) is 18.1 Å². The van der Waals surface area contributed by atoms with Gasteiger partial charge in [0.15, 0.2) is 5.79 Å². The number of fused-ring (bicyclic) bond motifs is 1. The predicted octanol–water partition coefficient (Wildman–Crippen LogP) is -0.122. The van der Waals surface area contributed by atoms with Crippen molar-refractivity contribution >= 4 is 0 Å². The SMILES string of the molecule is C[C@@H]1[C@@H](O)[C@H](O)[C@H]2OC(C)(C)O[C@@H]12. The average Bonchev–Trinajstić information content (AvgIpc) is 2.44. The second-order valence-corrected chi connectivity index (χ2v) is 4.41. The van der Waals surface area contributed by atoms with E-state index < -0.39 is 18.0 Å². The van der Waals surface area contributed by atoms with Gasteiger partial charge in [-0.1, -0.05) is 6.92 Å². The number of rotatable bonds is 0. The highest BCUT2D eigenvalue weighted by molar-refractivity contribution is 5.02. The molecule has 4 heteroatoms. The van der Waals surface area contributed by atoms with Crippen molar-refractivity contribution in [3.05, 3.63) is 0 Å². The fourth-order valence-electron chi connectivity index (χ4n) is 2.19. The molecule has 0 amide bonds. The maximum Gasteiger partial charge on any atom is 0.163 e. The summed E-state index contributed by atoms with van der Waals surface area (Å²) in [6.07, 6.45) is -2.10. The van der Waals surface area contributed by atoms with Crippen LogP contribution in [0, 0.1) is 5.92 Å². The van der Waals surface area contributed by atoms with Gasteiger partial charge in [-0.2, -0.15) is 0 Å². The van der Waals surface area contributed by atoms with Crippen molar-refractivity contribution in [3.63, 3.8) is 0 Å². The summed E-state index contributed by atoms with van der Waals surface area (Å²) in [5.74, 6) is -0.702. The maximum absolute atomic E-state index is 9.62. The lowest BCUT2D eigenvalue weighted by Crippen LogP contribution is -2.35. The molecular formula is C9H16O4. The van der Waals surface area contributed by atoms with Crippen molar-refractivity contribution in [1.29, 1.82) is 0 Å². The van der Waals surface area contributed by atoms with E-state index >= 15 is 0 Å². The lowest BCUT2D eigenvalue weighted by molar-refractivity contribution is -0.179. The predicted molar refractivity (Wildman–Crippen MR) is 45.0 cm³/mol. The molecule has 13 heavy (non-hydrogen) atoms. The standard InChI is InChI=1S/C9H16O4/c1-4-5(10)6(11)8-7(4)12-9(2,3)13-8/h4-8,10-11H,1-3H3/t4-,5-,6+,7+,8-/m1/s1. The van der Waals surface area contributed by atoms with Crippen molar-refractivity contribution < 1.29 is 19.7 Å². The van der Waals surface area contributed by atoms with Gasteiger partial charge in [-0.25, -0.2) is 0 Å². The van der Waals surface area contributed by atoms with E-state index in [2.05, 4.69) is 0 Å². The van der Waals surface area contributed by atoms with Crippen molar-refractivity contribution in [1.82, 2.24) is 0 Å². The van der Waals surface area contributed by atoms with Crippen LogP contribution in [0.4, 0.5) is 0 Å². The number of hydrogen-bond donors (Lipinski definition) is 2. The van der Waals surface area contributed by atoms with Crippen molar-refractivity contribution in [2.24, 2.45) is 5.92 Å². The summed E-state index contributed by atoms with van der Waals surface area (Å²) in [6, 6.07) is 0. The van der Waals surface area contributed by atoms with E-state index in [0.29, 0.717) is 0 Å². The molecule has 0 aromatic rings. The number of ether oxygens (including phenoxy) is 2. The summed E-state index contributed by atoms with van der Waals surface area (Å²) in [4.78, 5) is 0. The van der Waals surface area contributed by atoms with E-state index in [1.54, 1.807) is 0 Å². The summed E-state index contributed by atoms with van der Waals surface area (Å²) in [6.45, 7) is 5.50. The quantitative estimate of drug-likeness (QED) is 0.556. The number of aliphatic hydroxyl groups is 2. The van der Waals surface area contributed by atoms with Crippen molar-refractivity contribution in [3.8, 4) is 0 Å². The largest absolute Gasteiger partial charge is 0.390 e. The minimum absolute atomic E-state index is 0.0678. The fourth-order valence-corrected chi connectivity index (χ4v) is 2.19. The molecule has 0 bridgehead atoms. The topological polar surface area (TPSA) is 58.9 Å². The highest BCUT2D eigenvalue weighted by Gasteiger charge is 2.56. The summed E-state index contributed by atoms with van der Waals surface area (Å²) in [7, 11) is 0. The van der Waals surface area contributed by atoms with Crippen LogP contribution in [0.25, 0.3) is 0 Å². The molecule has 0 aromatic carbocycles. The molecule has 76 valence electrons. The Morgan fingerprint density at radius 1 is 1.00 bits per heavy atom. The van der Waals surface area contributed by atoms with Crippen LogP contribution in [0.15, 0.2) is 0 Å². The molecule has 1 heterocycles. The third-order valence-electron chi connectivity index (χ3n) is 2.91. The molecule has 2 fully saturated rings. The van der Waals surface area contributed by atoms with Gasteiger partial charge in [0.1, 0.15) is 12.2 Å². The molecule has 4 nitrogen and oxygen atoms in total. The number of hydrogen-bond acceptors (Lipinski definition) is 4. The van der Waals surface area contributed by atoms with Crippen molar-refractivity contribution in [2.75, 3.05) is 0 Å². The zero-order valence-electron chi connectivity index (χ0n) is 8.10. The lowest BCUT2D eigenvalue weighted by atomic mass is 10.1. The molecule has 2 rings (SSSR count). The number of aliphatic hydroxyl groups excluding tert-OH is 2. The second kappa shape index (κ2) is 2.67. The Labute approximate surface area is 77.5 Å². The first-order chi connectivity index (χ1) is 5.92. The molecule has 2 N–H and O–H groups in total. The van der Waals surface area contributed by atoms with Gasteiger partial charge >= 0.3 is 0 Å². The molecule has 0 aromatic heterocycles. The van der Waals surface area contributed by atoms with Crippen LogP contribution >= 0.6 is 0 Å². The lowest BCUT2D eigenvalue weighted by Gasteiger charge is -2.23. The molecule has 0 unspecified atom stereocenters. The first-order valence-corrected chi connectivity index (χ1v) is 4.64. The molecule has 1 saturated carbocycles. The zero-order valence-corrected chi connectivity index (χ0v) is 8.10. The Morgan fingerprint density at radius 2 is 1.54 bits per heavy atom. The highest BCUT2D eigenvalue weighted by Crippen LogP contribution is 2.41. The Morgan fingerprint density at radius 3 is 2.08 bits per heavy atom. The highest BCUT2D eigenvalue weighted by atomic mass is 16.8. The molecular weight excluding hydrogens is 172 g/mol. The first-order valence-electron chi connectivity index (χ1n) is 4.64. The van der Waals surface area contributed by atoms with Crippen LogP contribution < -0.4 is 0 Å². The summed E-state index contributed by atoms with van der Waals surface area (Å²) in [5, 5.41) is 19.1. The van der Waals surface area contributed by atoms with Crippen LogP contribution in [0.5, 0.6) is 0 Å². The van der Waals surface area contributed by atoms with Crippen LogP contribution in [0.2, 0.25) is 0 Å². The normalized spacial score (nSPS) is 53.8. The molecule has 0 spiro atoms. The van der Waals surface area contributed by atoms with Gasteiger partial charge in [0.25, 0.3) is 0 Å². The van der Waals surface area contributed by atoms with E-state index in [1.807, 2.05) is 20.8 Å². The summed E-state index contributed by atoms with van der Waals surface area (Å²) in [5.41, 5.74) is 0. The smallest absolute Gasteiger partial charge is 0.163 e. The fraction of sp³-hybridized carbons (Fsp3) is 1.00. The minimum Gasteiger partial charge on any atom is -0.390 e. The van der Waals surface area contributed by atoms with Gasteiger partial charge in [0.2, 0.25) is 0 Å². The molecule has 2 aliphatic rings. The third kappa shape index (κ3) is 1.29. The average molecular weight is 188 g/mol. The van der Waals surface area contributed by atoms with E-state index in [1.165, 1.54) is 0 Å². The Hall–Kier alpha value is -0.160. The molecule has 0 radical (unpaired) electrons. The zero-order chi connectivity index (χ0) is 9.80. The third-order valence-corrected chi connectivity index (χ3v) is 2.91. The van der Waals surface area contributed by atoms with Gasteiger partial charge in [-0.15, -0.1) is 0 Å². The van der Waals surface area contributed by atoms with Gasteiger partial charge in [0, 0.05) is 5.92 Å². The van der Waals surface area contributed by atoms with Crippen LogP contribution in [-0.2, 0) is 9.47 Å². The second-order valence-electron chi connectivity index (χ2n) is 4.41.